The number of methoxy groups -OCH3 is 3. The molecule has 24 heavy (non-hydrogen) atoms. The topological polar surface area (TPSA) is 57.2 Å². The molecule has 1 aliphatic heterocycles. The highest BCUT2D eigenvalue weighted by Crippen LogP contribution is 2.38. The van der Waals surface area contributed by atoms with E-state index in [-0.39, 0.29) is 5.91 Å². The second-order valence-electron chi connectivity index (χ2n) is 5.99. The van der Waals surface area contributed by atoms with Crippen molar-refractivity contribution >= 4 is 5.91 Å². The molecule has 0 N–H and O–H groups in total. The number of hydrogen-bond donors (Lipinski definition) is 0. The van der Waals surface area contributed by atoms with Crippen LogP contribution in [0.3, 0.4) is 0 Å². The Kier molecular flexibility index (Phi) is 6.73. The summed E-state index contributed by atoms with van der Waals surface area (Å²) in [5.41, 5.74) is 0.527. The van der Waals surface area contributed by atoms with E-state index in [0.29, 0.717) is 28.7 Å². The lowest BCUT2D eigenvalue weighted by molar-refractivity contribution is 0.0583. The van der Waals surface area contributed by atoms with Gasteiger partial charge in [0.15, 0.2) is 11.5 Å². The molecular weight excluding hydrogens is 310 g/mol. The van der Waals surface area contributed by atoms with Crippen molar-refractivity contribution in [3.8, 4) is 17.2 Å². The molecule has 0 aromatic heterocycles. The van der Waals surface area contributed by atoms with E-state index in [1.54, 1.807) is 38.4 Å². The maximum absolute atomic E-state index is 12.7. The van der Waals surface area contributed by atoms with Gasteiger partial charge in [-0.2, -0.15) is 0 Å². The molecule has 134 valence electrons. The predicted octanol–water partition coefficient (Wildman–Crippen LogP) is 2.60. The number of carbonyl (C=O) groups is 1. The van der Waals surface area contributed by atoms with Crippen LogP contribution in [0.25, 0.3) is 0 Å². The summed E-state index contributed by atoms with van der Waals surface area (Å²) in [6.45, 7) is 2.38. The molecule has 2 rings (SSSR count). The predicted molar refractivity (Wildman–Crippen MR) is 91.2 cm³/mol. The van der Waals surface area contributed by atoms with Crippen LogP contribution < -0.4 is 14.2 Å². The van der Waals surface area contributed by atoms with Gasteiger partial charge in [-0.1, -0.05) is 0 Å². The van der Waals surface area contributed by atoms with Gasteiger partial charge in [0.2, 0.25) is 5.75 Å². The highest BCUT2D eigenvalue weighted by Gasteiger charge is 2.20. The van der Waals surface area contributed by atoms with E-state index < -0.39 is 0 Å². The number of nitrogens with zero attached hydrogens (tertiary/aromatic N) is 1. The van der Waals surface area contributed by atoms with Gasteiger partial charge in [0, 0.05) is 32.4 Å². The average Bonchev–Trinajstić information content (AvgIpc) is 2.64. The quantitative estimate of drug-likeness (QED) is 0.765. The van der Waals surface area contributed by atoms with Gasteiger partial charge in [0.25, 0.3) is 5.91 Å². The van der Waals surface area contributed by atoms with Gasteiger partial charge in [0.1, 0.15) is 0 Å². The molecule has 6 heteroatoms. The van der Waals surface area contributed by atoms with E-state index in [2.05, 4.69) is 0 Å². The molecule has 0 bridgehead atoms. The van der Waals surface area contributed by atoms with Gasteiger partial charge >= 0.3 is 0 Å². The van der Waals surface area contributed by atoms with Crippen LogP contribution in [-0.4, -0.2) is 58.9 Å². The molecule has 1 heterocycles. The summed E-state index contributed by atoms with van der Waals surface area (Å²) in [5.74, 6) is 2.03. The Morgan fingerprint density at radius 2 is 1.71 bits per heavy atom. The van der Waals surface area contributed by atoms with Crippen LogP contribution in [0.15, 0.2) is 12.1 Å². The maximum atomic E-state index is 12.7. The molecule has 1 aliphatic rings. The van der Waals surface area contributed by atoms with E-state index in [1.165, 1.54) is 0 Å². The first-order chi connectivity index (χ1) is 11.6. The standard InChI is InChI=1S/C18H27NO5/c1-19(8-5-13-6-9-24-10-7-13)18(20)14-11-15(21-2)17(23-4)16(12-14)22-3/h11-13H,5-10H2,1-4H3. The molecule has 0 spiro atoms. The molecule has 0 saturated carbocycles. The van der Waals surface area contributed by atoms with Gasteiger partial charge in [0.05, 0.1) is 21.3 Å². The molecule has 0 aliphatic carbocycles. The minimum atomic E-state index is -0.0543. The Hall–Kier alpha value is -1.95. The van der Waals surface area contributed by atoms with E-state index >= 15 is 0 Å². The van der Waals surface area contributed by atoms with Crippen molar-refractivity contribution in [3.05, 3.63) is 17.7 Å². The van der Waals surface area contributed by atoms with Gasteiger partial charge < -0.3 is 23.8 Å². The number of ether oxygens (including phenoxy) is 4. The van der Waals surface area contributed by atoms with Gasteiger partial charge in [-0.05, 0) is 37.3 Å². The summed E-state index contributed by atoms with van der Waals surface area (Å²) in [4.78, 5) is 14.4. The Balaban J connectivity index is 2.07. The fraction of sp³-hybridized carbons (Fsp3) is 0.611. The van der Waals surface area contributed by atoms with E-state index in [0.717, 1.165) is 39.0 Å². The van der Waals surface area contributed by atoms with Crippen LogP contribution in [0, 0.1) is 5.92 Å². The lowest BCUT2D eigenvalue weighted by Crippen LogP contribution is -2.30. The molecule has 1 saturated heterocycles. The number of carbonyl (C=O) groups excluding carboxylic acids is 1. The van der Waals surface area contributed by atoms with Crippen LogP contribution in [0.5, 0.6) is 17.2 Å². The van der Waals surface area contributed by atoms with Crippen molar-refractivity contribution in [2.24, 2.45) is 5.92 Å². The molecule has 6 nitrogen and oxygen atoms in total. The zero-order valence-corrected chi connectivity index (χ0v) is 15.0. The van der Waals surface area contributed by atoms with Crippen LogP contribution in [0.1, 0.15) is 29.6 Å². The zero-order valence-electron chi connectivity index (χ0n) is 15.0. The van der Waals surface area contributed by atoms with Crippen LogP contribution >= 0.6 is 0 Å². The summed E-state index contributed by atoms with van der Waals surface area (Å²) in [5, 5.41) is 0. The van der Waals surface area contributed by atoms with Crippen molar-refractivity contribution in [3.63, 3.8) is 0 Å². The highest BCUT2D eigenvalue weighted by molar-refractivity contribution is 5.95. The van der Waals surface area contributed by atoms with Gasteiger partial charge in [-0.25, -0.2) is 0 Å². The molecule has 1 amide bonds. The molecule has 1 fully saturated rings. The molecular formula is C18H27NO5. The summed E-state index contributed by atoms with van der Waals surface area (Å²) in [6.07, 6.45) is 3.15. The fourth-order valence-electron chi connectivity index (χ4n) is 2.94. The Morgan fingerprint density at radius 3 is 2.21 bits per heavy atom. The second-order valence-corrected chi connectivity index (χ2v) is 5.99. The van der Waals surface area contributed by atoms with Gasteiger partial charge in [-0.15, -0.1) is 0 Å². The minimum absolute atomic E-state index is 0.0543. The van der Waals surface area contributed by atoms with E-state index in [9.17, 15) is 4.79 Å². The first-order valence-corrected chi connectivity index (χ1v) is 8.24. The number of hydrogen-bond acceptors (Lipinski definition) is 5. The van der Waals surface area contributed by atoms with E-state index in [1.807, 2.05) is 7.05 Å². The lowest BCUT2D eigenvalue weighted by atomic mass is 9.96. The minimum Gasteiger partial charge on any atom is -0.493 e. The number of benzene rings is 1. The van der Waals surface area contributed by atoms with Crippen molar-refractivity contribution in [2.45, 2.75) is 19.3 Å². The van der Waals surface area contributed by atoms with E-state index in [4.69, 9.17) is 18.9 Å². The molecule has 0 radical (unpaired) electrons. The third-order valence-corrected chi connectivity index (χ3v) is 4.47. The van der Waals surface area contributed by atoms with Crippen LogP contribution in [-0.2, 0) is 4.74 Å². The Morgan fingerprint density at radius 1 is 1.12 bits per heavy atom. The van der Waals surface area contributed by atoms with Gasteiger partial charge in [-0.3, -0.25) is 4.79 Å². The monoisotopic (exact) mass is 337 g/mol. The lowest BCUT2D eigenvalue weighted by Gasteiger charge is -2.25. The first-order valence-electron chi connectivity index (χ1n) is 8.24. The number of amides is 1. The highest BCUT2D eigenvalue weighted by atomic mass is 16.5. The third-order valence-electron chi connectivity index (χ3n) is 4.47. The third kappa shape index (κ3) is 4.32. The van der Waals surface area contributed by atoms with Crippen molar-refractivity contribution in [2.75, 3.05) is 48.1 Å². The Labute approximate surface area is 143 Å². The van der Waals surface area contributed by atoms with Crippen molar-refractivity contribution in [1.29, 1.82) is 0 Å². The van der Waals surface area contributed by atoms with Crippen molar-refractivity contribution < 1.29 is 23.7 Å². The van der Waals surface area contributed by atoms with Crippen molar-refractivity contribution in [1.82, 2.24) is 4.90 Å². The maximum Gasteiger partial charge on any atom is 0.253 e. The largest absolute Gasteiger partial charge is 0.493 e. The Bertz CT molecular complexity index is 529. The second kappa shape index (κ2) is 8.78. The molecule has 0 atom stereocenters. The SMILES string of the molecule is COc1cc(C(=O)N(C)CCC2CCOCC2)cc(OC)c1OC. The first kappa shape index (κ1) is 18.4. The normalized spacial score (nSPS) is 15.0. The summed E-state index contributed by atoms with van der Waals surface area (Å²) in [7, 11) is 6.45. The number of rotatable bonds is 7. The fourth-order valence-corrected chi connectivity index (χ4v) is 2.94. The molecule has 1 aromatic carbocycles. The van der Waals surface area contributed by atoms with Crippen LogP contribution in [0.2, 0.25) is 0 Å². The van der Waals surface area contributed by atoms with Crippen LogP contribution in [0.4, 0.5) is 0 Å². The summed E-state index contributed by atoms with van der Waals surface area (Å²) >= 11 is 0. The molecule has 0 unspecified atom stereocenters. The summed E-state index contributed by atoms with van der Waals surface area (Å²) < 4.78 is 21.3. The summed E-state index contributed by atoms with van der Waals surface area (Å²) in [6, 6.07) is 3.38. The zero-order chi connectivity index (χ0) is 17.5. The average molecular weight is 337 g/mol. The molecule has 1 aromatic rings. The smallest absolute Gasteiger partial charge is 0.253 e.